The van der Waals surface area contributed by atoms with Gasteiger partial charge in [0.05, 0.1) is 5.56 Å². The zero-order chi connectivity index (χ0) is 12.4. The fraction of sp³-hybridized carbons (Fsp3) is 0.364. The molecular formula is C11H12ClN3O2. The number of halogens is 1. The molecule has 1 aliphatic rings. The third kappa shape index (κ3) is 2.39. The molecule has 0 aromatic carbocycles. The van der Waals surface area contributed by atoms with Gasteiger partial charge in [-0.15, -0.1) is 0 Å². The number of pyridine rings is 1. The van der Waals surface area contributed by atoms with E-state index in [4.69, 9.17) is 11.6 Å². The summed E-state index contributed by atoms with van der Waals surface area (Å²) in [7, 11) is 0. The van der Waals surface area contributed by atoms with Crippen molar-refractivity contribution in [2.24, 2.45) is 0 Å². The monoisotopic (exact) mass is 253 g/mol. The molecule has 0 spiro atoms. The molecule has 1 unspecified atom stereocenters. The Morgan fingerprint density at radius 3 is 3.00 bits per heavy atom. The van der Waals surface area contributed by atoms with Gasteiger partial charge in [-0.1, -0.05) is 11.6 Å². The summed E-state index contributed by atoms with van der Waals surface area (Å²) in [4.78, 5) is 29.0. The summed E-state index contributed by atoms with van der Waals surface area (Å²) in [6, 6.07) is 2.72. The van der Waals surface area contributed by atoms with Gasteiger partial charge in [0, 0.05) is 19.3 Å². The molecule has 2 rings (SSSR count). The van der Waals surface area contributed by atoms with E-state index in [1.807, 2.05) is 0 Å². The van der Waals surface area contributed by atoms with Crippen molar-refractivity contribution in [1.29, 1.82) is 0 Å². The molecule has 2 heterocycles. The first-order chi connectivity index (χ1) is 8.09. The molecular weight excluding hydrogens is 242 g/mol. The van der Waals surface area contributed by atoms with Crippen molar-refractivity contribution in [3.8, 4) is 0 Å². The molecule has 1 atom stereocenters. The quantitative estimate of drug-likeness (QED) is 0.750. The van der Waals surface area contributed by atoms with Gasteiger partial charge in [0.1, 0.15) is 11.2 Å². The first-order valence-electron chi connectivity index (χ1n) is 5.30. The number of nitrogens with one attached hydrogen (secondary N) is 1. The molecule has 90 valence electrons. The van der Waals surface area contributed by atoms with Crippen LogP contribution in [0.5, 0.6) is 0 Å². The summed E-state index contributed by atoms with van der Waals surface area (Å²) in [6.45, 7) is 2.69. The van der Waals surface area contributed by atoms with Crippen LogP contribution < -0.4 is 5.32 Å². The van der Waals surface area contributed by atoms with Gasteiger partial charge in [-0.05, 0) is 19.1 Å². The van der Waals surface area contributed by atoms with Crippen LogP contribution >= 0.6 is 11.6 Å². The van der Waals surface area contributed by atoms with Gasteiger partial charge in [-0.25, -0.2) is 4.98 Å². The van der Waals surface area contributed by atoms with E-state index in [0.717, 1.165) is 0 Å². The molecule has 5 nitrogen and oxygen atoms in total. The van der Waals surface area contributed by atoms with Gasteiger partial charge >= 0.3 is 0 Å². The zero-order valence-electron chi connectivity index (χ0n) is 9.31. The fourth-order valence-electron chi connectivity index (χ4n) is 1.73. The number of hydrogen-bond donors (Lipinski definition) is 1. The molecule has 1 aliphatic heterocycles. The van der Waals surface area contributed by atoms with Crippen molar-refractivity contribution in [3.63, 3.8) is 0 Å². The van der Waals surface area contributed by atoms with Crippen molar-refractivity contribution >= 4 is 23.4 Å². The molecule has 2 amide bonds. The molecule has 1 aromatic heterocycles. The number of hydrogen-bond acceptors (Lipinski definition) is 3. The number of carbonyl (C=O) groups excluding carboxylic acids is 2. The van der Waals surface area contributed by atoms with Gasteiger partial charge in [0.2, 0.25) is 5.91 Å². The van der Waals surface area contributed by atoms with E-state index in [9.17, 15) is 9.59 Å². The SMILES string of the molecule is CC1C(=O)NCCN1C(=O)c1ccc(Cl)nc1. The highest BCUT2D eigenvalue weighted by Crippen LogP contribution is 2.12. The Kier molecular flexibility index (Phi) is 3.28. The Morgan fingerprint density at radius 2 is 2.35 bits per heavy atom. The van der Waals surface area contributed by atoms with E-state index in [1.54, 1.807) is 19.1 Å². The minimum atomic E-state index is -0.452. The van der Waals surface area contributed by atoms with Gasteiger partial charge in [-0.2, -0.15) is 0 Å². The maximum absolute atomic E-state index is 12.1. The zero-order valence-corrected chi connectivity index (χ0v) is 10.1. The van der Waals surface area contributed by atoms with Crippen molar-refractivity contribution in [2.45, 2.75) is 13.0 Å². The van der Waals surface area contributed by atoms with Crippen LogP contribution in [0.1, 0.15) is 17.3 Å². The van der Waals surface area contributed by atoms with Crippen LogP contribution in [0.2, 0.25) is 5.15 Å². The van der Waals surface area contributed by atoms with Crippen molar-refractivity contribution in [1.82, 2.24) is 15.2 Å². The number of nitrogens with zero attached hydrogens (tertiary/aromatic N) is 2. The Morgan fingerprint density at radius 1 is 1.59 bits per heavy atom. The van der Waals surface area contributed by atoms with E-state index in [0.29, 0.717) is 23.8 Å². The van der Waals surface area contributed by atoms with E-state index >= 15 is 0 Å². The minimum absolute atomic E-state index is 0.133. The molecule has 0 aliphatic carbocycles. The highest BCUT2D eigenvalue weighted by atomic mass is 35.5. The van der Waals surface area contributed by atoms with Crippen molar-refractivity contribution < 1.29 is 9.59 Å². The number of aromatic nitrogens is 1. The van der Waals surface area contributed by atoms with Crippen LogP contribution in [0, 0.1) is 0 Å². The minimum Gasteiger partial charge on any atom is -0.353 e. The summed E-state index contributed by atoms with van der Waals surface area (Å²) >= 11 is 5.65. The summed E-state index contributed by atoms with van der Waals surface area (Å²) in [5.41, 5.74) is 0.441. The fourth-order valence-corrected chi connectivity index (χ4v) is 1.84. The highest BCUT2D eigenvalue weighted by Gasteiger charge is 2.29. The molecule has 17 heavy (non-hydrogen) atoms. The van der Waals surface area contributed by atoms with Crippen LogP contribution in [-0.2, 0) is 4.79 Å². The molecule has 6 heteroatoms. The molecule has 1 saturated heterocycles. The standard InChI is InChI=1S/C11H12ClN3O2/c1-7-10(16)13-4-5-15(7)11(17)8-2-3-9(12)14-6-8/h2-3,6-7H,4-5H2,1H3,(H,13,16). The summed E-state index contributed by atoms with van der Waals surface area (Å²) in [5.74, 6) is -0.331. The third-order valence-corrected chi connectivity index (χ3v) is 2.96. The van der Waals surface area contributed by atoms with Crippen LogP contribution in [0.4, 0.5) is 0 Å². The second kappa shape index (κ2) is 4.71. The molecule has 0 saturated carbocycles. The van der Waals surface area contributed by atoms with Gasteiger partial charge in [0.25, 0.3) is 5.91 Å². The Hall–Kier alpha value is -1.62. The van der Waals surface area contributed by atoms with E-state index in [2.05, 4.69) is 10.3 Å². The third-order valence-electron chi connectivity index (χ3n) is 2.73. The molecule has 1 fully saturated rings. The largest absolute Gasteiger partial charge is 0.353 e. The summed E-state index contributed by atoms with van der Waals surface area (Å²) < 4.78 is 0. The smallest absolute Gasteiger partial charge is 0.256 e. The van der Waals surface area contributed by atoms with E-state index in [1.165, 1.54) is 11.1 Å². The lowest BCUT2D eigenvalue weighted by atomic mass is 10.1. The maximum Gasteiger partial charge on any atom is 0.256 e. The Labute approximate surface area is 104 Å². The molecule has 0 radical (unpaired) electrons. The topological polar surface area (TPSA) is 62.3 Å². The average Bonchev–Trinajstić information content (AvgIpc) is 2.33. The number of amides is 2. The second-order valence-corrected chi connectivity index (χ2v) is 4.22. The van der Waals surface area contributed by atoms with Crippen molar-refractivity contribution in [2.75, 3.05) is 13.1 Å². The highest BCUT2D eigenvalue weighted by molar-refractivity contribution is 6.29. The average molecular weight is 254 g/mol. The number of carbonyl (C=O) groups is 2. The van der Waals surface area contributed by atoms with Gasteiger partial charge in [0.15, 0.2) is 0 Å². The Balaban J connectivity index is 2.19. The van der Waals surface area contributed by atoms with Crippen LogP contribution in [0.3, 0.4) is 0 Å². The van der Waals surface area contributed by atoms with Gasteiger partial charge < -0.3 is 10.2 Å². The number of piperazine rings is 1. The lowest BCUT2D eigenvalue weighted by molar-refractivity contribution is -0.127. The van der Waals surface area contributed by atoms with E-state index in [-0.39, 0.29) is 11.8 Å². The van der Waals surface area contributed by atoms with Gasteiger partial charge in [-0.3, -0.25) is 9.59 Å². The lowest BCUT2D eigenvalue weighted by Crippen LogP contribution is -2.55. The summed E-state index contributed by atoms with van der Waals surface area (Å²) in [5, 5.41) is 3.05. The predicted octanol–water partition coefficient (Wildman–Crippen LogP) is 0.696. The Bertz CT molecular complexity index is 447. The first kappa shape index (κ1) is 11.9. The molecule has 1 N–H and O–H groups in total. The number of rotatable bonds is 1. The predicted molar refractivity (Wildman–Crippen MR) is 62.8 cm³/mol. The molecule has 1 aromatic rings. The second-order valence-electron chi connectivity index (χ2n) is 3.84. The van der Waals surface area contributed by atoms with Crippen LogP contribution in [0.25, 0.3) is 0 Å². The van der Waals surface area contributed by atoms with Crippen LogP contribution in [0.15, 0.2) is 18.3 Å². The maximum atomic E-state index is 12.1. The first-order valence-corrected chi connectivity index (χ1v) is 5.67. The van der Waals surface area contributed by atoms with Crippen LogP contribution in [-0.4, -0.2) is 40.8 Å². The molecule has 0 bridgehead atoms. The lowest BCUT2D eigenvalue weighted by Gasteiger charge is -2.32. The normalized spacial score (nSPS) is 20.0. The van der Waals surface area contributed by atoms with Crippen molar-refractivity contribution in [3.05, 3.63) is 29.0 Å². The van der Waals surface area contributed by atoms with E-state index < -0.39 is 6.04 Å². The summed E-state index contributed by atoms with van der Waals surface area (Å²) in [6.07, 6.45) is 1.42.